The zero-order valence-corrected chi connectivity index (χ0v) is 18.5. The summed E-state index contributed by atoms with van der Waals surface area (Å²) in [5.74, 6) is 3.32. The first kappa shape index (κ1) is 25.8. The maximum absolute atomic E-state index is 12.8. The molecule has 32 heavy (non-hydrogen) atoms. The van der Waals surface area contributed by atoms with Gasteiger partial charge in [-0.1, -0.05) is 31.6 Å². The van der Waals surface area contributed by atoms with Gasteiger partial charge in [0.25, 0.3) is 0 Å². The minimum absolute atomic E-state index is 0.203. The van der Waals surface area contributed by atoms with Gasteiger partial charge in [0.2, 0.25) is 0 Å². The molecule has 0 bridgehead atoms. The van der Waals surface area contributed by atoms with Gasteiger partial charge >= 0.3 is 12.3 Å². The van der Waals surface area contributed by atoms with Crippen molar-refractivity contribution in [2.45, 2.75) is 57.9 Å². The summed E-state index contributed by atoms with van der Waals surface area (Å²) < 4.78 is 84.9. The number of rotatable bonds is 8. The molecule has 11 heteroatoms. The van der Waals surface area contributed by atoms with E-state index < -0.39 is 46.2 Å². The van der Waals surface area contributed by atoms with Crippen LogP contribution in [0.1, 0.15) is 56.3 Å². The van der Waals surface area contributed by atoms with Crippen LogP contribution in [0, 0.1) is 17.8 Å². The molecule has 0 heterocycles. The van der Waals surface area contributed by atoms with Gasteiger partial charge < -0.3 is 18.8 Å². The van der Waals surface area contributed by atoms with Crippen LogP contribution in [0.3, 0.4) is 0 Å². The fraction of sp³-hybridized carbons (Fsp3) is 0.571. The average molecular weight is 477 g/mol. The molecule has 178 valence electrons. The van der Waals surface area contributed by atoms with Gasteiger partial charge in [0, 0.05) is 5.92 Å². The van der Waals surface area contributed by atoms with Gasteiger partial charge in [-0.2, -0.15) is 0 Å². The molecular weight excluding hydrogens is 453 g/mol. The number of esters is 1. The zero-order valence-electron chi connectivity index (χ0n) is 17.7. The molecule has 1 unspecified atom stereocenters. The molecule has 0 N–H and O–H groups in total. The van der Waals surface area contributed by atoms with E-state index in [9.17, 15) is 30.9 Å². The van der Waals surface area contributed by atoms with Crippen molar-refractivity contribution in [3.05, 3.63) is 23.8 Å². The van der Waals surface area contributed by atoms with Gasteiger partial charge in [-0.15, -0.1) is 13.2 Å². The highest BCUT2D eigenvalue weighted by Crippen LogP contribution is 2.36. The van der Waals surface area contributed by atoms with E-state index in [1.54, 1.807) is 13.8 Å². The lowest BCUT2D eigenvalue weighted by Gasteiger charge is -2.26. The fourth-order valence-electron chi connectivity index (χ4n) is 3.00. The minimum Gasteiger partial charge on any atom is -0.748 e. The smallest absolute Gasteiger partial charge is 0.573 e. The summed E-state index contributed by atoms with van der Waals surface area (Å²) in [5.41, 5.74) is -1.36. The van der Waals surface area contributed by atoms with E-state index in [2.05, 4.69) is 16.6 Å². The van der Waals surface area contributed by atoms with Crippen molar-refractivity contribution >= 4 is 16.1 Å². The van der Waals surface area contributed by atoms with Gasteiger partial charge in [-0.05, 0) is 44.4 Å². The third-order valence-electron chi connectivity index (χ3n) is 4.88. The van der Waals surface area contributed by atoms with Crippen molar-refractivity contribution in [1.29, 1.82) is 0 Å². The maximum Gasteiger partial charge on any atom is 0.573 e. The number of halogens is 3. The number of ether oxygens (including phenoxy) is 3. The van der Waals surface area contributed by atoms with Gasteiger partial charge in [0.1, 0.15) is 6.61 Å². The van der Waals surface area contributed by atoms with Crippen LogP contribution < -0.4 is 9.47 Å². The summed E-state index contributed by atoms with van der Waals surface area (Å²) in [6.07, 6.45) is -0.602. The van der Waals surface area contributed by atoms with E-state index in [1.165, 1.54) is 0 Å². The van der Waals surface area contributed by atoms with Crippen LogP contribution in [0.25, 0.3) is 0 Å². The fourth-order valence-corrected chi connectivity index (χ4v) is 3.28. The van der Waals surface area contributed by atoms with Crippen LogP contribution in [-0.2, 0) is 14.9 Å². The summed E-state index contributed by atoms with van der Waals surface area (Å²) >= 11 is 0. The normalized spacial score (nSPS) is 16.6. The Morgan fingerprint density at radius 1 is 1.19 bits per heavy atom. The van der Waals surface area contributed by atoms with Crippen molar-refractivity contribution in [3.8, 4) is 23.3 Å². The Kier molecular flexibility index (Phi) is 8.42. The molecule has 7 nitrogen and oxygen atoms in total. The number of alkyl halides is 3. The SMILES string of the molecule is CCC(C)(C#CC1CCCC1)Oc1cc(C(=O)OCCS(=O)(=O)[O-])ccc1OC(F)(F)F. The van der Waals surface area contributed by atoms with Crippen LogP contribution >= 0.6 is 0 Å². The molecule has 0 spiro atoms. The predicted molar refractivity (Wildman–Crippen MR) is 107 cm³/mol. The molecule has 1 atom stereocenters. The lowest BCUT2D eigenvalue weighted by molar-refractivity contribution is -0.275. The summed E-state index contributed by atoms with van der Waals surface area (Å²) in [6, 6.07) is 2.90. The molecular formula is C21H24F3O7S-. The Labute approximate surface area is 185 Å². The van der Waals surface area contributed by atoms with Crippen LogP contribution in [0.15, 0.2) is 18.2 Å². The van der Waals surface area contributed by atoms with E-state index in [0.717, 1.165) is 43.9 Å². The van der Waals surface area contributed by atoms with Crippen molar-refractivity contribution in [2.75, 3.05) is 12.4 Å². The standard InChI is InChI=1S/C21H25F3O7S/c1-3-20(2,11-10-15-6-4-5-7-15)30-18-14-16(8-9-17(18)31-21(22,23)24)19(25)29-12-13-32(26,27)28/h8-9,14-15H,3-7,12-13H2,1-2H3,(H,26,27,28)/p-1. The number of hydrogen-bond acceptors (Lipinski definition) is 7. The molecule has 1 saturated carbocycles. The number of carbonyl (C=O) groups is 1. The van der Waals surface area contributed by atoms with Gasteiger partial charge in [0.15, 0.2) is 17.1 Å². The van der Waals surface area contributed by atoms with Gasteiger partial charge in [-0.3, -0.25) is 0 Å². The lowest BCUT2D eigenvalue weighted by Crippen LogP contribution is -2.30. The van der Waals surface area contributed by atoms with Crippen molar-refractivity contribution in [3.63, 3.8) is 0 Å². The van der Waals surface area contributed by atoms with Crippen LogP contribution in [0.5, 0.6) is 11.5 Å². The van der Waals surface area contributed by atoms with Gasteiger partial charge in [0.05, 0.1) is 21.4 Å². The van der Waals surface area contributed by atoms with Crippen LogP contribution in [0.2, 0.25) is 0 Å². The average Bonchev–Trinajstić information content (AvgIpc) is 3.19. The highest BCUT2D eigenvalue weighted by molar-refractivity contribution is 7.85. The molecule has 2 rings (SSSR count). The Bertz CT molecular complexity index is 973. The first-order valence-corrected chi connectivity index (χ1v) is 11.6. The molecule has 0 aliphatic heterocycles. The monoisotopic (exact) mass is 477 g/mol. The Hall–Kier alpha value is -2.45. The van der Waals surface area contributed by atoms with Crippen molar-refractivity contribution in [2.24, 2.45) is 5.92 Å². The summed E-state index contributed by atoms with van der Waals surface area (Å²) in [5, 5.41) is 0. The van der Waals surface area contributed by atoms with E-state index in [0.29, 0.717) is 6.42 Å². The second kappa shape index (κ2) is 10.4. The third kappa shape index (κ3) is 8.59. The van der Waals surface area contributed by atoms with Crippen molar-refractivity contribution < 1.29 is 45.1 Å². The van der Waals surface area contributed by atoms with E-state index in [4.69, 9.17) is 9.47 Å². The van der Waals surface area contributed by atoms with Crippen LogP contribution in [-0.4, -0.2) is 43.3 Å². The highest BCUT2D eigenvalue weighted by Gasteiger charge is 2.34. The first-order chi connectivity index (χ1) is 14.8. The van der Waals surface area contributed by atoms with Crippen LogP contribution in [0.4, 0.5) is 13.2 Å². The molecule has 1 aliphatic rings. The Morgan fingerprint density at radius 2 is 1.84 bits per heavy atom. The number of carbonyl (C=O) groups excluding carboxylic acids is 1. The lowest BCUT2D eigenvalue weighted by atomic mass is 10.0. The molecule has 1 aromatic carbocycles. The molecule has 0 radical (unpaired) electrons. The summed E-state index contributed by atoms with van der Waals surface area (Å²) in [4.78, 5) is 12.1. The van der Waals surface area contributed by atoms with Gasteiger partial charge in [-0.25, -0.2) is 13.2 Å². The van der Waals surface area contributed by atoms with E-state index in [1.807, 2.05) is 0 Å². The number of hydrogen-bond donors (Lipinski definition) is 0. The molecule has 1 aliphatic carbocycles. The van der Waals surface area contributed by atoms with E-state index >= 15 is 0 Å². The largest absolute Gasteiger partial charge is 0.748 e. The molecule has 1 aromatic rings. The zero-order chi connectivity index (χ0) is 24.0. The highest BCUT2D eigenvalue weighted by atomic mass is 32.2. The van der Waals surface area contributed by atoms with Crippen molar-refractivity contribution in [1.82, 2.24) is 0 Å². The molecule has 0 saturated heterocycles. The Balaban J connectivity index is 2.29. The molecule has 1 fully saturated rings. The van der Waals surface area contributed by atoms with E-state index in [-0.39, 0.29) is 17.2 Å². The predicted octanol–water partition coefficient (Wildman–Crippen LogP) is 4.03. The topological polar surface area (TPSA) is 102 Å². The third-order valence-corrected chi connectivity index (χ3v) is 5.54. The maximum atomic E-state index is 12.8. The Morgan fingerprint density at radius 3 is 2.41 bits per heavy atom. The minimum atomic E-state index is -5.00. The number of benzene rings is 1. The molecule has 0 aromatic heterocycles. The first-order valence-electron chi connectivity index (χ1n) is 10.0. The second-order valence-corrected chi connectivity index (χ2v) is 9.07. The summed E-state index contributed by atoms with van der Waals surface area (Å²) in [6.45, 7) is 2.69. The quantitative estimate of drug-likeness (QED) is 0.316. The summed E-state index contributed by atoms with van der Waals surface area (Å²) in [7, 11) is -4.59. The molecule has 0 amide bonds. The second-order valence-electron chi connectivity index (χ2n) is 7.54.